The molecule has 182 valence electrons. The average molecular weight is 560 g/mol. The fourth-order valence-electron chi connectivity index (χ4n) is 4.42. The van der Waals surface area contributed by atoms with Crippen molar-refractivity contribution in [2.75, 3.05) is 73.2 Å². The van der Waals surface area contributed by atoms with Crippen LogP contribution in [0.3, 0.4) is 0 Å². The Labute approximate surface area is 211 Å². The minimum absolute atomic E-state index is 0. The van der Waals surface area contributed by atoms with Crippen LogP contribution in [0, 0.1) is 0 Å². The van der Waals surface area contributed by atoms with Gasteiger partial charge in [-0.15, -0.1) is 24.0 Å². The molecule has 0 amide bonds. The normalized spacial score (nSPS) is 19.1. The molecule has 0 aliphatic carbocycles. The lowest BCUT2D eigenvalue weighted by atomic mass is 10.0. The van der Waals surface area contributed by atoms with E-state index in [1.165, 1.54) is 31.2 Å². The van der Waals surface area contributed by atoms with Gasteiger partial charge in [-0.25, -0.2) is 0 Å². The van der Waals surface area contributed by atoms with Gasteiger partial charge in [-0.05, 0) is 63.0 Å². The third-order valence-electron chi connectivity index (χ3n) is 6.32. The van der Waals surface area contributed by atoms with Crippen LogP contribution in [-0.2, 0) is 4.74 Å². The van der Waals surface area contributed by atoms with Crippen molar-refractivity contribution < 1.29 is 9.47 Å². The maximum absolute atomic E-state index is 5.42. The first kappa shape index (κ1) is 27.1. The van der Waals surface area contributed by atoms with E-state index < -0.39 is 0 Å². The molecule has 0 spiro atoms. The van der Waals surface area contributed by atoms with Gasteiger partial charge in [0.05, 0.1) is 26.4 Å². The van der Waals surface area contributed by atoms with Crippen LogP contribution in [0.5, 0.6) is 5.75 Å². The maximum Gasteiger partial charge on any atom is 0.191 e. The van der Waals surface area contributed by atoms with Crippen LogP contribution < -0.4 is 15.4 Å². The summed E-state index contributed by atoms with van der Waals surface area (Å²) in [5.41, 5.74) is 1.33. The van der Waals surface area contributed by atoms with E-state index in [1.54, 1.807) is 7.11 Å². The SMILES string of the molecule is CN=C(NCCCCN1CCOCC1)NCC(c1ccc(OC)cc1)N1CCCCC1.I. The van der Waals surface area contributed by atoms with E-state index in [-0.39, 0.29) is 24.0 Å². The van der Waals surface area contributed by atoms with Crippen molar-refractivity contribution in [3.05, 3.63) is 29.8 Å². The molecule has 2 heterocycles. The monoisotopic (exact) mass is 559 g/mol. The summed E-state index contributed by atoms with van der Waals surface area (Å²) in [5, 5.41) is 7.07. The highest BCUT2D eigenvalue weighted by Crippen LogP contribution is 2.25. The first-order valence-corrected chi connectivity index (χ1v) is 11.9. The van der Waals surface area contributed by atoms with Gasteiger partial charge in [0.15, 0.2) is 5.96 Å². The van der Waals surface area contributed by atoms with Crippen LogP contribution >= 0.6 is 24.0 Å². The van der Waals surface area contributed by atoms with E-state index >= 15 is 0 Å². The van der Waals surface area contributed by atoms with Crippen LogP contribution in [-0.4, -0.2) is 88.9 Å². The van der Waals surface area contributed by atoms with E-state index in [1.807, 2.05) is 7.05 Å². The average Bonchev–Trinajstić information content (AvgIpc) is 2.84. The van der Waals surface area contributed by atoms with Gasteiger partial charge in [-0.1, -0.05) is 18.6 Å². The van der Waals surface area contributed by atoms with Crippen LogP contribution in [0.2, 0.25) is 0 Å². The number of aliphatic imine (C=N–C) groups is 1. The number of nitrogens with one attached hydrogen (secondary N) is 2. The Morgan fingerprint density at radius 2 is 1.75 bits per heavy atom. The summed E-state index contributed by atoms with van der Waals surface area (Å²) in [4.78, 5) is 9.54. The molecule has 0 bridgehead atoms. The lowest BCUT2D eigenvalue weighted by Crippen LogP contribution is -2.44. The smallest absolute Gasteiger partial charge is 0.191 e. The standard InChI is InChI=1S/C24H41N5O2.HI/c1-25-24(26-12-4-7-13-28-16-18-31-19-17-28)27-20-23(29-14-5-3-6-15-29)21-8-10-22(30-2)11-9-21;/h8-11,23H,3-7,12-20H2,1-2H3,(H2,25,26,27);1H. The first-order valence-electron chi connectivity index (χ1n) is 11.9. The van der Waals surface area contributed by atoms with Crippen molar-refractivity contribution in [2.24, 2.45) is 4.99 Å². The Hall–Kier alpha value is -1.10. The molecule has 0 radical (unpaired) electrons. The molecule has 0 aromatic heterocycles. The number of methoxy groups -OCH3 is 1. The molecule has 2 saturated heterocycles. The number of guanidine groups is 1. The number of halogens is 1. The van der Waals surface area contributed by atoms with Crippen molar-refractivity contribution in [1.82, 2.24) is 20.4 Å². The van der Waals surface area contributed by atoms with E-state index in [2.05, 4.69) is 49.7 Å². The summed E-state index contributed by atoms with van der Waals surface area (Å²) >= 11 is 0. The van der Waals surface area contributed by atoms with Gasteiger partial charge in [0, 0.05) is 33.2 Å². The number of benzene rings is 1. The number of hydrogen-bond donors (Lipinski definition) is 2. The Kier molecular flexibility index (Phi) is 13.3. The summed E-state index contributed by atoms with van der Waals surface area (Å²) in [7, 11) is 3.57. The Morgan fingerprint density at radius 3 is 2.41 bits per heavy atom. The van der Waals surface area contributed by atoms with Gasteiger partial charge in [0.1, 0.15) is 5.75 Å². The van der Waals surface area contributed by atoms with Crippen molar-refractivity contribution >= 4 is 29.9 Å². The van der Waals surface area contributed by atoms with Gasteiger partial charge in [-0.3, -0.25) is 14.8 Å². The number of likely N-dealkylation sites (tertiary alicyclic amines) is 1. The number of unbranched alkanes of at least 4 members (excludes halogenated alkanes) is 1. The van der Waals surface area contributed by atoms with Crippen molar-refractivity contribution in [1.29, 1.82) is 0 Å². The highest BCUT2D eigenvalue weighted by atomic mass is 127. The molecular formula is C24H42IN5O2. The van der Waals surface area contributed by atoms with E-state index in [9.17, 15) is 0 Å². The highest BCUT2D eigenvalue weighted by Gasteiger charge is 2.22. The molecule has 0 saturated carbocycles. The molecule has 7 nitrogen and oxygen atoms in total. The Morgan fingerprint density at radius 1 is 1.03 bits per heavy atom. The molecule has 1 atom stereocenters. The van der Waals surface area contributed by atoms with Gasteiger partial charge >= 0.3 is 0 Å². The molecule has 8 heteroatoms. The number of hydrogen-bond acceptors (Lipinski definition) is 5. The van der Waals surface area contributed by atoms with Crippen LogP contribution in [0.4, 0.5) is 0 Å². The largest absolute Gasteiger partial charge is 0.497 e. The zero-order chi connectivity index (χ0) is 21.7. The highest BCUT2D eigenvalue weighted by molar-refractivity contribution is 14.0. The lowest BCUT2D eigenvalue weighted by Gasteiger charge is -2.35. The predicted molar refractivity (Wildman–Crippen MR) is 142 cm³/mol. The molecule has 2 aliphatic rings. The second-order valence-corrected chi connectivity index (χ2v) is 8.43. The predicted octanol–water partition coefficient (Wildman–Crippen LogP) is 3.12. The number of nitrogens with zero attached hydrogens (tertiary/aromatic N) is 3. The molecule has 32 heavy (non-hydrogen) atoms. The molecule has 1 aromatic rings. The molecule has 2 N–H and O–H groups in total. The number of morpholine rings is 1. The summed E-state index contributed by atoms with van der Waals surface area (Å²) in [6, 6.07) is 8.86. The lowest BCUT2D eigenvalue weighted by molar-refractivity contribution is 0.0372. The summed E-state index contributed by atoms with van der Waals surface area (Å²) in [5.74, 6) is 1.80. The minimum Gasteiger partial charge on any atom is -0.497 e. The van der Waals surface area contributed by atoms with E-state index in [0.29, 0.717) is 6.04 Å². The number of rotatable bonds is 10. The zero-order valence-electron chi connectivity index (χ0n) is 19.9. The quantitative estimate of drug-likeness (QED) is 0.199. The molecular weight excluding hydrogens is 517 g/mol. The second kappa shape index (κ2) is 15.7. The zero-order valence-corrected chi connectivity index (χ0v) is 22.2. The van der Waals surface area contributed by atoms with Crippen LogP contribution in [0.25, 0.3) is 0 Å². The summed E-state index contributed by atoms with van der Waals surface area (Å²) < 4.78 is 10.8. The fraction of sp³-hybridized carbons (Fsp3) is 0.708. The Bertz CT molecular complexity index is 646. The van der Waals surface area contributed by atoms with Crippen LogP contribution in [0.1, 0.15) is 43.7 Å². The van der Waals surface area contributed by atoms with E-state index in [0.717, 1.165) is 77.2 Å². The van der Waals surface area contributed by atoms with Gasteiger partial charge in [0.25, 0.3) is 0 Å². The fourth-order valence-corrected chi connectivity index (χ4v) is 4.42. The molecule has 3 rings (SSSR count). The van der Waals surface area contributed by atoms with Gasteiger partial charge in [0.2, 0.25) is 0 Å². The third kappa shape index (κ3) is 9.03. The van der Waals surface area contributed by atoms with E-state index in [4.69, 9.17) is 9.47 Å². The third-order valence-corrected chi connectivity index (χ3v) is 6.32. The molecule has 2 aliphatic heterocycles. The molecule has 1 unspecified atom stereocenters. The summed E-state index contributed by atoms with van der Waals surface area (Å²) in [6.07, 6.45) is 6.25. The van der Waals surface area contributed by atoms with Crippen LogP contribution in [0.15, 0.2) is 29.3 Å². The number of piperidine rings is 1. The minimum atomic E-state index is 0. The van der Waals surface area contributed by atoms with Gasteiger partial charge < -0.3 is 20.1 Å². The maximum atomic E-state index is 5.42. The van der Waals surface area contributed by atoms with Crippen molar-refractivity contribution in [2.45, 2.75) is 38.1 Å². The topological polar surface area (TPSA) is 61.4 Å². The second-order valence-electron chi connectivity index (χ2n) is 8.43. The Balaban J connectivity index is 0.00000363. The summed E-state index contributed by atoms with van der Waals surface area (Å²) in [6.45, 7) is 9.16. The molecule has 2 fully saturated rings. The van der Waals surface area contributed by atoms with Gasteiger partial charge in [-0.2, -0.15) is 0 Å². The van der Waals surface area contributed by atoms with Crippen molar-refractivity contribution in [3.8, 4) is 5.75 Å². The molecule has 1 aromatic carbocycles. The first-order chi connectivity index (χ1) is 15.3. The van der Waals surface area contributed by atoms with Crippen molar-refractivity contribution in [3.63, 3.8) is 0 Å². The number of ether oxygens (including phenoxy) is 2.